The number of rotatable bonds is 5. The lowest BCUT2D eigenvalue weighted by atomic mass is 10.0. The van der Waals surface area contributed by atoms with Crippen molar-refractivity contribution >= 4 is 40.8 Å². The summed E-state index contributed by atoms with van der Waals surface area (Å²) in [6.45, 7) is 0.402. The molecule has 2 N–H and O–H groups in total. The highest BCUT2D eigenvalue weighted by Gasteiger charge is 2.40. The zero-order chi connectivity index (χ0) is 22.1. The molecule has 0 spiro atoms. The third-order valence-electron chi connectivity index (χ3n) is 4.91. The van der Waals surface area contributed by atoms with Crippen molar-refractivity contribution in [3.63, 3.8) is 0 Å². The first-order valence-corrected chi connectivity index (χ1v) is 10.1. The van der Waals surface area contributed by atoms with Gasteiger partial charge in [-0.05, 0) is 30.2 Å². The second kappa shape index (κ2) is 8.14. The number of nitro benzene ring substituents is 1. The SMILES string of the molecule is O=C1CCC(N2Cc3cc(CNC(=O)Oc4ccc([N+](=O)[O-])cc4)sc3C2=O)C(=O)N1. The van der Waals surface area contributed by atoms with Crippen LogP contribution in [0.4, 0.5) is 10.5 Å². The zero-order valence-electron chi connectivity index (χ0n) is 16.0. The number of thiophene rings is 1. The molecular formula is C19H16N4O7S. The topological polar surface area (TPSA) is 148 Å². The van der Waals surface area contributed by atoms with E-state index in [1.54, 1.807) is 6.07 Å². The number of imide groups is 1. The van der Waals surface area contributed by atoms with E-state index in [1.807, 2.05) is 0 Å². The average molecular weight is 444 g/mol. The van der Waals surface area contributed by atoms with Crippen LogP contribution in [-0.4, -0.2) is 39.7 Å². The lowest BCUT2D eigenvalue weighted by molar-refractivity contribution is -0.384. The number of carbonyl (C=O) groups excluding carboxylic acids is 4. The van der Waals surface area contributed by atoms with Crippen molar-refractivity contribution < 1.29 is 28.8 Å². The molecule has 0 radical (unpaired) electrons. The monoisotopic (exact) mass is 444 g/mol. The molecule has 12 heteroatoms. The summed E-state index contributed by atoms with van der Waals surface area (Å²) in [7, 11) is 0. The number of nitrogens with one attached hydrogen (secondary N) is 2. The van der Waals surface area contributed by atoms with Gasteiger partial charge in [0.1, 0.15) is 11.8 Å². The molecule has 4 amide bonds. The van der Waals surface area contributed by atoms with Crippen LogP contribution in [0.2, 0.25) is 0 Å². The first kappa shape index (κ1) is 20.5. The summed E-state index contributed by atoms with van der Waals surface area (Å²) >= 11 is 1.22. The molecule has 1 saturated heterocycles. The van der Waals surface area contributed by atoms with E-state index in [1.165, 1.54) is 40.5 Å². The van der Waals surface area contributed by atoms with Crippen LogP contribution in [0.25, 0.3) is 0 Å². The van der Waals surface area contributed by atoms with E-state index >= 15 is 0 Å². The van der Waals surface area contributed by atoms with Gasteiger partial charge in [0.2, 0.25) is 11.8 Å². The Bertz CT molecular complexity index is 1100. The molecule has 0 aliphatic carbocycles. The van der Waals surface area contributed by atoms with E-state index in [0.29, 0.717) is 11.3 Å². The fourth-order valence-corrected chi connectivity index (χ4v) is 4.49. The normalized spacial score (nSPS) is 17.9. The Morgan fingerprint density at radius 3 is 2.68 bits per heavy atom. The summed E-state index contributed by atoms with van der Waals surface area (Å²) < 4.78 is 5.07. The molecule has 31 heavy (non-hydrogen) atoms. The number of hydrogen-bond donors (Lipinski definition) is 2. The Morgan fingerprint density at radius 1 is 1.29 bits per heavy atom. The minimum atomic E-state index is -0.737. The van der Waals surface area contributed by atoms with Gasteiger partial charge in [-0.1, -0.05) is 0 Å². The lowest BCUT2D eigenvalue weighted by Gasteiger charge is -2.29. The maximum atomic E-state index is 12.7. The molecule has 2 aliphatic rings. The van der Waals surface area contributed by atoms with Crippen molar-refractivity contribution in [1.29, 1.82) is 0 Å². The summed E-state index contributed by atoms with van der Waals surface area (Å²) in [6.07, 6.45) is -0.243. The number of hydrogen-bond acceptors (Lipinski definition) is 8. The molecule has 1 unspecified atom stereocenters. The fourth-order valence-electron chi connectivity index (χ4n) is 3.43. The molecule has 1 fully saturated rings. The van der Waals surface area contributed by atoms with Crippen LogP contribution in [-0.2, 0) is 22.7 Å². The number of benzene rings is 1. The van der Waals surface area contributed by atoms with Gasteiger partial charge < -0.3 is 15.0 Å². The van der Waals surface area contributed by atoms with E-state index in [2.05, 4.69) is 10.6 Å². The summed E-state index contributed by atoms with van der Waals surface area (Å²) in [4.78, 5) is 60.8. The van der Waals surface area contributed by atoms with Crippen LogP contribution in [0.1, 0.15) is 33.0 Å². The first-order valence-electron chi connectivity index (χ1n) is 9.28. The molecule has 1 aromatic carbocycles. The average Bonchev–Trinajstić information content (AvgIpc) is 3.26. The number of non-ortho nitro benzene ring substituents is 1. The Labute approximate surface area is 179 Å². The third-order valence-corrected chi connectivity index (χ3v) is 6.07. The van der Waals surface area contributed by atoms with Crippen LogP contribution in [0.3, 0.4) is 0 Å². The van der Waals surface area contributed by atoms with Crippen LogP contribution in [0.5, 0.6) is 5.75 Å². The highest BCUT2D eigenvalue weighted by molar-refractivity contribution is 7.14. The van der Waals surface area contributed by atoms with E-state index in [9.17, 15) is 29.3 Å². The summed E-state index contributed by atoms with van der Waals surface area (Å²) in [5.74, 6) is -0.909. The Hall–Kier alpha value is -3.80. The van der Waals surface area contributed by atoms with Crippen molar-refractivity contribution in [2.24, 2.45) is 0 Å². The third kappa shape index (κ3) is 4.23. The Kier molecular flexibility index (Phi) is 5.38. The van der Waals surface area contributed by atoms with Crippen molar-refractivity contribution in [2.45, 2.75) is 32.0 Å². The number of nitrogens with zero attached hydrogens (tertiary/aromatic N) is 2. The van der Waals surface area contributed by atoms with E-state index in [4.69, 9.17) is 4.74 Å². The number of carbonyl (C=O) groups is 4. The molecule has 11 nitrogen and oxygen atoms in total. The molecule has 0 saturated carbocycles. The fraction of sp³-hybridized carbons (Fsp3) is 0.263. The zero-order valence-corrected chi connectivity index (χ0v) is 16.8. The molecule has 2 aliphatic heterocycles. The molecule has 160 valence electrons. The largest absolute Gasteiger partial charge is 0.412 e. The molecular weight excluding hydrogens is 428 g/mol. The van der Waals surface area contributed by atoms with Crippen LogP contribution < -0.4 is 15.4 Å². The highest BCUT2D eigenvalue weighted by atomic mass is 32.1. The van der Waals surface area contributed by atoms with Crippen LogP contribution >= 0.6 is 11.3 Å². The minimum absolute atomic E-state index is 0.114. The predicted octanol–water partition coefficient (Wildman–Crippen LogP) is 1.71. The van der Waals surface area contributed by atoms with E-state index in [-0.39, 0.29) is 42.8 Å². The predicted molar refractivity (Wildman–Crippen MR) is 106 cm³/mol. The lowest BCUT2D eigenvalue weighted by Crippen LogP contribution is -2.52. The second-order valence-electron chi connectivity index (χ2n) is 6.96. The number of piperidine rings is 1. The van der Waals surface area contributed by atoms with E-state index < -0.39 is 23.0 Å². The van der Waals surface area contributed by atoms with Crippen molar-refractivity contribution in [3.8, 4) is 5.75 Å². The van der Waals surface area contributed by atoms with Crippen LogP contribution in [0.15, 0.2) is 30.3 Å². The molecule has 4 rings (SSSR count). The van der Waals surface area contributed by atoms with Gasteiger partial charge in [0, 0.05) is 30.0 Å². The van der Waals surface area contributed by atoms with Gasteiger partial charge in [-0.15, -0.1) is 11.3 Å². The maximum absolute atomic E-state index is 12.7. The molecule has 2 aromatic rings. The van der Waals surface area contributed by atoms with Crippen LogP contribution in [0, 0.1) is 10.1 Å². The Balaban J connectivity index is 1.32. The number of fused-ring (bicyclic) bond motifs is 1. The summed E-state index contributed by atoms with van der Waals surface area (Å²) in [5.41, 5.74) is 0.650. The molecule has 3 heterocycles. The van der Waals surface area contributed by atoms with Gasteiger partial charge in [-0.2, -0.15) is 0 Å². The molecule has 1 aromatic heterocycles. The molecule has 0 bridgehead atoms. The van der Waals surface area contributed by atoms with Gasteiger partial charge in [0.25, 0.3) is 11.6 Å². The van der Waals surface area contributed by atoms with E-state index in [0.717, 1.165) is 10.4 Å². The van der Waals surface area contributed by atoms with Gasteiger partial charge in [0.05, 0.1) is 16.3 Å². The van der Waals surface area contributed by atoms with Gasteiger partial charge in [0.15, 0.2) is 0 Å². The second-order valence-corrected chi connectivity index (χ2v) is 8.10. The first-order chi connectivity index (χ1) is 14.8. The minimum Gasteiger partial charge on any atom is -0.410 e. The Morgan fingerprint density at radius 2 is 2.03 bits per heavy atom. The van der Waals surface area contributed by atoms with Gasteiger partial charge in [-0.3, -0.25) is 29.8 Å². The standard InChI is InChI=1S/C19H16N4O7S/c24-15-6-5-14(17(25)21-15)22-9-10-7-13(31-16(10)18(22)26)8-20-19(27)30-12-3-1-11(2-4-12)23(28)29/h1-4,7,14H,5-6,8-9H2,(H,20,27)(H,21,24,25). The summed E-state index contributed by atoms with van der Waals surface area (Å²) in [6, 6.07) is 6.22. The summed E-state index contributed by atoms with van der Waals surface area (Å²) in [5, 5.41) is 15.5. The smallest absolute Gasteiger partial charge is 0.410 e. The van der Waals surface area contributed by atoms with Gasteiger partial charge >= 0.3 is 6.09 Å². The maximum Gasteiger partial charge on any atom is 0.412 e. The number of ether oxygens (including phenoxy) is 1. The van der Waals surface area contributed by atoms with Crippen molar-refractivity contribution in [2.75, 3.05) is 0 Å². The van der Waals surface area contributed by atoms with Crippen molar-refractivity contribution in [3.05, 3.63) is 55.8 Å². The quantitative estimate of drug-likeness (QED) is 0.405. The number of amides is 4. The highest BCUT2D eigenvalue weighted by Crippen LogP contribution is 2.33. The van der Waals surface area contributed by atoms with Gasteiger partial charge in [-0.25, -0.2) is 4.79 Å². The van der Waals surface area contributed by atoms with Crippen molar-refractivity contribution in [1.82, 2.24) is 15.5 Å². The number of nitro groups is 1. The molecule has 1 atom stereocenters.